The summed E-state index contributed by atoms with van der Waals surface area (Å²) in [5.74, 6) is 0. The molecule has 2 heterocycles. The van der Waals surface area contributed by atoms with E-state index < -0.39 is 0 Å². The van der Waals surface area contributed by atoms with Crippen LogP contribution in [0.15, 0.2) is 12.2 Å². The second kappa shape index (κ2) is 6.26. The van der Waals surface area contributed by atoms with Crippen molar-refractivity contribution >= 4 is 0 Å². The second-order valence-corrected chi connectivity index (χ2v) is 4.51. The van der Waals surface area contributed by atoms with Gasteiger partial charge in [0.1, 0.15) is 0 Å². The van der Waals surface area contributed by atoms with E-state index in [-0.39, 0.29) is 0 Å². The van der Waals surface area contributed by atoms with Gasteiger partial charge in [-0.05, 0) is 25.9 Å². The van der Waals surface area contributed by atoms with Gasteiger partial charge in [0, 0.05) is 39.3 Å². The lowest BCUT2D eigenvalue weighted by atomic mass is 10.2. The minimum Gasteiger partial charge on any atom is -0.315 e. The molecule has 0 atom stereocenters. The highest BCUT2D eigenvalue weighted by Gasteiger charge is 2.11. The summed E-state index contributed by atoms with van der Waals surface area (Å²) in [6.45, 7) is 9.76. The predicted molar refractivity (Wildman–Crippen MR) is 64.1 cm³/mol. The molecule has 0 aromatic heterocycles. The van der Waals surface area contributed by atoms with E-state index >= 15 is 0 Å². The third kappa shape index (κ3) is 3.93. The van der Waals surface area contributed by atoms with Crippen LogP contribution in [0.3, 0.4) is 0 Å². The maximum Gasteiger partial charge on any atom is 0.0163 e. The van der Waals surface area contributed by atoms with Gasteiger partial charge in [0.2, 0.25) is 0 Å². The van der Waals surface area contributed by atoms with Crippen LogP contribution < -0.4 is 5.32 Å². The maximum absolute atomic E-state index is 3.45. The summed E-state index contributed by atoms with van der Waals surface area (Å²) < 4.78 is 0. The molecule has 86 valence electrons. The van der Waals surface area contributed by atoms with E-state index in [9.17, 15) is 0 Å². The van der Waals surface area contributed by atoms with Crippen LogP contribution in [0, 0.1) is 0 Å². The Kier molecular flexibility index (Phi) is 4.64. The maximum atomic E-state index is 3.45. The van der Waals surface area contributed by atoms with Crippen molar-refractivity contribution < 1.29 is 0 Å². The van der Waals surface area contributed by atoms with Gasteiger partial charge in [0.15, 0.2) is 0 Å². The van der Waals surface area contributed by atoms with E-state index in [2.05, 4.69) is 27.3 Å². The molecular weight excluding hydrogens is 186 g/mol. The van der Waals surface area contributed by atoms with E-state index in [1.165, 1.54) is 58.7 Å². The summed E-state index contributed by atoms with van der Waals surface area (Å²) in [4.78, 5) is 5.15. The topological polar surface area (TPSA) is 18.5 Å². The summed E-state index contributed by atoms with van der Waals surface area (Å²) in [6.07, 6.45) is 7.14. The van der Waals surface area contributed by atoms with Gasteiger partial charge in [0.05, 0.1) is 0 Å². The molecule has 0 bridgehead atoms. The summed E-state index contributed by atoms with van der Waals surface area (Å²) in [5.41, 5.74) is 0. The molecule has 3 nitrogen and oxygen atoms in total. The first kappa shape index (κ1) is 11.1. The third-order valence-corrected chi connectivity index (χ3v) is 3.31. The van der Waals surface area contributed by atoms with Gasteiger partial charge in [-0.15, -0.1) is 0 Å². The van der Waals surface area contributed by atoms with Crippen molar-refractivity contribution in [1.29, 1.82) is 0 Å². The molecule has 0 aromatic carbocycles. The van der Waals surface area contributed by atoms with Crippen molar-refractivity contribution in [1.82, 2.24) is 15.1 Å². The fourth-order valence-electron chi connectivity index (χ4n) is 2.30. The average molecular weight is 209 g/mol. The molecule has 0 spiro atoms. The molecule has 0 radical (unpaired) electrons. The van der Waals surface area contributed by atoms with Crippen LogP contribution in [0.25, 0.3) is 0 Å². The highest BCUT2D eigenvalue weighted by Crippen LogP contribution is 2.02. The molecular formula is C12H23N3. The van der Waals surface area contributed by atoms with Crippen LogP contribution in [0.1, 0.15) is 12.8 Å². The van der Waals surface area contributed by atoms with Crippen molar-refractivity contribution in [3.05, 3.63) is 12.2 Å². The van der Waals surface area contributed by atoms with Gasteiger partial charge in [-0.2, -0.15) is 0 Å². The summed E-state index contributed by atoms with van der Waals surface area (Å²) >= 11 is 0. The van der Waals surface area contributed by atoms with Gasteiger partial charge < -0.3 is 10.2 Å². The molecule has 2 aliphatic rings. The van der Waals surface area contributed by atoms with Crippen molar-refractivity contribution in [2.24, 2.45) is 0 Å². The Labute approximate surface area is 93.1 Å². The Hall–Kier alpha value is -0.380. The molecule has 1 fully saturated rings. The zero-order valence-corrected chi connectivity index (χ0v) is 9.62. The number of hydrogen-bond acceptors (Lipinski definition) is 3. The molecule has 2 aliphatic heterocycles. The van der Waals surface area contributed by atoms with E-state index in [1.807, 2.05) is 0 Å². The van der Waals surface area contributed by atoms with E-state index in [0.717, 1.165) is 6.54 Å². The van der Waals surface area contributed by atoms with Crippen LogP contribution in [0.4, 0.5) is 0 Å². The zero-order chi connectivity index (χ0) is 10.3. The minimum absolute atomic E-state index is 1.16. The Bertz CT molecular complexity index is 195. The predicted octanol–water partition coefficient (Wildman–Crippen LogP) is 0.544. The molecule has 1 saturated heterocycles. The normalized spacial score (nSPS) is 25.3. The molecule has 0 aliphatic carbocycles. The summed E-state index contributed by atoms with van der Waals surface area (Å²) in [7, 11) is 0. The molecule has 0 aromatic rings. The van der Waals surface area contributed by atoms with Crippen molar-refractivity contribution in [3.63, 3.8) is 0 Å². The van der Waals surface area contributed by atoms with Gasteiger partial charge >= 0.3 is 0 Å². The Balaban J connectivity index is 1.65. The first-order chi connectivity index (χ1) is 7.45. The SMILES string of the molecule is C1=CCN(CCN2CCCNCC2)CC1. The number of nitrogens with zero attached hydrogens (tertiary/aromatic N) is 2. The van der Waals surface area contributed by atoms with Gasteiger partial charge in [-0.3, -0.25) is 4.90 Å². The summed E-state index contributed by atoms with van der Waals surface area (Å²) in [5, 5.41) is 3.45. The molecule has 3 heteroatoms. The van der Waals surface area contributed by atoms with Crippen LogP contribution in [0.5, 0.6) is 0 Å². The highest BCUT2D eigenvalue weighted by atomic mass is 15.2. The largest absolute Gasteiger partial charge is 0.315 e. The molecule has 0 unspecified atom stereocenters. The lowest BCUT2D eigenvalue weighted by molar-refractivity contribution is 0.221. The van der Waals surface area contributed by atoms with Gasteiger partial charge in [-0.1, -0.05) is 12.2 Å². The number of hydrogen-bond donors (Lipinski definition) is 1. The van der Waals surface area contributed by atoms with E-state index in [4.69, 9.17) is 0 Å². The van der Waals surface area contributed by atoms with E-state index in [0.29, 0.717) is 0 Å². The third-order valence-electron chi connectivity index (χ3n) is 3.31. The Morgan fingerprint density at radius 3 is 2.73 bits per heavy atom. The van der Waals surface area contributed by atoms with E-state index in [1.54, 1.807) is 0 Å². The van der Waals surface area contributed by atoms with Crippen molar-refractivity contribution in [2.75, 3.05) is 52.4 Å². The Morgan fingerprint density at radius 1 is 0.933 bits per heavy atom. The van der Waals surface area contributed by atoms with Gasteiger partial charge in [-0.25, -0.2) is 0 Å². The number of rotatable bonds is 3. The number of nitrogens with one attached hydrogen (secondary N) is 1. The summed E-state index contributed by atoms with van der Waals surface area (Å²) in [6, 6.07) is 0. The first-order valence-electron chi connectivity index (χ1n) is 6.25. The zero-order valence-electron chi connectivity index (χ0n) is 9.62. The lowest BCUT2D eigenvalue weighted by Gasteiger charge is -2.27. The van der Waals surface area contributed by atoms with Crippen LogP contribution in [0.2, 0.25) is 0 Å². The Morgan fingerprint density at radius 2 is 1.87 bits per heavy atom. The van der Waals surface area contributed by atoms with Crippen molar-refractivity contribution in [2.45, 2.75) is 12.8 Å². The molecule has 0 saturated carbocycles. The van der Waals surface area contributed by atoms with Crippen molar-refractivity contribution in [3.8, 4) is 0 Å². The average Bonchev–Trinajstić information content (AvgIpc) is 2.56. The van der Waals surface area contributed by atoms with Crippen LogP contribution in [-0.4, -0.2) is 62.2 Å². The fourth-order valence-corrected chi connectivity index (χ4v) is 2.30. The smallest absolute Gasteiger partial charge is 0.0163 e. The monoisotopic (exact) mass is 209 g/mol. The van der Waals surface area contributed by atoms with Gasteiger partial charge in [0.25, 0.3) is 0 Å². The fraction of sp³-hybridized carbons (Fsp3) is 0.833. The lowest BCUT2D eigenvalue weighted by Crippen LogP contribution is -2.38. The van der Waals surface area contributed by atoms with Crippen LogP contribution >= 0.6 is 0 Å². The highest BCUT2D eigenvalue weighted by molar-refractivity contribution is 4.90. The second-order valence-electron chi connectivity index (χ2n) is 4.51. The molecule has 1 N–H and O–H groups in total. The molecule has 2 rings (SSSR count). The minimum atomic E-state index is 1.16. The standard InChI is InChI=1S/C12H23N3/c1-2-7-14(8-3-1)11-12-15-9-4-5-13-6-10-15/h1-2,13H,3-12H2. The van der Waals surface area contributed by atoms with Crippen LogP contribution in [-0.2, 0) is 0 Å². The first-order valence-corrected chi connectivity index (χ1v) is 6.25. The quantitative estimate of drug-likeness (QED) is 0.685. The molecule has 15 heavy (non-hydrogen) atoms. The molecule has 0 amide bonds.